The minimum absolute atomic E-state index is 0.725. The molecule has 0 saturated carbocycles. The summed E-state index contributed by atoms with van der Waals surface area (Å²) in [4.78, 5) is 0. The van der Waals surface area contributed by atoms with Crippen LogP contribution in [0.4, 0.5) is 0 Å². The molecule has 1 heterocycles. The normalized spacial score (nSPS) is 10.8. The van der Waals surface area contributed by atoms with Gasteiger partial charge in [0.1, 0.15) is 6.33 Å². The molecule has 0 aliphatic heterocycles. The van der Waals surface area contributed by atoms with Gasteiger partial charge in [-0.05, 0) is 30.8 Å². The minimum Gasteiger partial charge on any atom is -0.394 e. The molecule has 0 aliphatic carbocycles. The van der Waals surface area contributed by atoms with E-state index in [1.165, 1.54) is 36.4 Å². The molecule has 0 saturated heterocycles. The first-order chi connectivity index (χ1) is 11.1. The number of para-hydroxylation sites is 1. The first-order valence-corrected chi connectivity index (χ1v) is 9.17. The molecule has 23 heavy (non-hydrogen) atoms. The van der Waals surface area contributed by atoms with E-state index < -0.39 is 0 Å². The highest BCUT2D eigenvalue weighted by Crippen LogP contribution is 2.35. The molecule has 0 bridgehead atoms. The molecule has 0 amide bonds. The quantitative estimate of drug-likeness (QED) is 0.728. The molecule has 0 radical (unpaired) electrons. The number of rotatable bonds is 6. The molecule has 2 N–H and O–H groups in total. The smallest absolute Gasteiger partial charge is 0.200 e. The number of hydrogen-bond acceptors (Lipinski definition) is 5. The average Bonchev–Trinajstić information content (AvgIpc) is 3.03. The number of allylic oxidation sites excluding steroid dienone is 1. The maximum atomic E-state index is 5.76. The summed E-state index contributed by atoms with van der Waals surface area (Å²) >= 11 is 2.88. The molecule has 0 aliphatic rings. The van der Waals surface area contributed by atoms with Gasteiger partial charge in [-0.2, -0.15) is 0 Å². The molecule has 124 valence electrons. The van der Waals surface area contributed by atoms with E-state index in [-0.39, 0.29) is 0 Å². The van der Waals surface area contributed by atoms with Crippen molar-refractivity contribution in [1.82, 2.24) is 14.8 Å². The fourth-order valence-electron chi connectivity index (χ4n) is 1.37. The second-order valence-corrected chi connectivity index (χ2v) is 7.08. The zero-order valence-electron chi connectivity index (χ0n) is 13.9. The molecule has 2 aromatic rings. The van der Waals surface area contributed by atoms with Gasteiger partial charge in [0.05, 0.1) is 5.03 Å². The maximum absolute atomic E-state index is 5.76. The molecule has 0 fully saturated rings. The topological polar surface area (TPSA) is 56.7 Å². The van der Waals surface area contributed by atoms with E-state index in [1.807, 2.05) is 47.9 Å². The fraction of sp³-hybridized carbons (Fsp3) is 0.294. The monoisotopic (exact) mass is 348 g/mol. The minimum atomic E-state index is 0.725. The van der Waals surface area contributed by atoms with Crippen molar-refractivity contribution >= 4 is 23.5 Å². The van der Waals surface area contributed by atoms with Gasteiger partial charge in [-0.25, -0.2) is 0 Å². The van der Waals surface area contributed by atoms with E-state index in [1.54, 1.807) is 6.33 Å². The number of benzene rings is 1. The Morgan fingerprint density at radius 1 is 1.26 bits per heavy atom. The van der Waals surface area contributed by atoms with E-state index in [0.717, 1.165) is 20.1 Å². The van der Waals surface area contributed by atoms with E-state index in [9.17, 15) is 0 Å². The summed E-state index contributed by atoms with van der Waals surface area (Å²) < 4.78 is 2.78. The second kappa shape index (κ2) is 11.0. The molecule has 1 aromatic heterocycles. The van der Waals surface area contributed by atoms with Crippen molar-refractivity contribution in [3.8, 4) is 5.69 Å². The van der Waals surface area contributed by atoms with Crippen LogP contribution in [0.25, 0.3) is 5.69 Å². The second-order valence-electron chi connectivity index (χ2n) is 4.59. The summed E-state index contributed by atoms with van der Waals surface area (Å²) in [5.41, 5.74) is 6.78. The molecule has 2 rings (SSSR count). The van der Waals surface area contributed by atoms with Gasteiger partial charge in [-0.1, -0.05) is 69.3 Å². The summed E-state index contributed by atoms with van der Waals surface area (Å²) in [6, 6.07) is 9.94. The number of nitrogens with zero attached hydrogens (tertiary/aromatic N) is 3. The standard InChI is InChI=1S/C13H14N4S2.C4H10/c1-3-12(14)18-10(2)19-13-16-15-9-17(13)11-7-5-4-6-8-11;1-3-4-2/h3-9H,2,14H2,1H3;3-4H2,1-2H3/b12-3-;. The Labute approximate surface area is 147 Å². The van der Waals surface area contributed by atoms with Gasteiger partial charge in [0.15, 0.2) is 0 Å². The van der Waals surface area contributed by atoms with Gasteiger partial charge >= 0.3 is 0 Å². The van der Waals surface area contributed by atoms with Crippen molar-refractivity contribution in [2.45, 2.75) is 38.8 Å². The number of thioether (sulfide) groups is 2. The third-order valence-corrected chi connectivity index (χ3v) is 4.66. The zero-order chi connectivity index (χ0) is 17.1. The van der Waals surface area contributed by atoms with Crippen molar-refractivity contribution in [3.05, 3.63) is 58.6 Å². The van der Waals surface area contributed by atoms with Crippen LogP contribution >= 0.6 is 23.5 Å². The Morgan fingerprint density at radius 2 is 1.91 bits per heavy atom. The fourth-order valence-corrected chi connectivity index (χ4v) is 2.97. The Hall–Kier alpha value is -1.66. The highest BCUT2D eigenvalue weighted by Gasteiger charge is 2.09. The average molecular weight is 349 g/mol. The summed E-state index contributed by atoms with van der Waals surface area (Å²) in [6.45, 7) is 10.2. The van der Waals surface area contributed by atoms with Crippen LogP contribution in [0, 0.1) is 0 Å². The van der Waals surface area contributed by atoms with Crippen LogP contribution in [-0.2, 0) is 0 Å². The van der Waals surface area contributed by atoms with Gasteiger partial charge in [0, 0.05) is 9.92 Å². The Morgan fingerprint density at radius 3 is 2.48 bits per heavy atom. The molecule has 0 unspecified atom stereocenters. The van der Waals surface area contributed by atoms with Gasteiger partial charge in [-0.15, -0.1) is 10.2 Å². The lowest BCUT2D eigenvalue weighted by Crippen LogP contribution is -1.95. The Balaban J connectivity index is 0.000000593. The summed E-state index contributed by atoms with van der Waals surface area (Å²) in [5, 5.41) is 9.55. The largest absolute Gasteiger partial charge is 0.394 e. The van der Waals surface area contributed by atoms with Crippen LogP contribution in [-0.4, -0.2) is 14.8 Å². The van der Waals surface area contributed by atoms with Gasteiger partial charge in [0.25, 0.3) is 0 Å². The summed E-state index contributed by atoms with van der Waals surface area (Å²) in [7, 11) is 0. The Kier molecular flexibility index (Phi) is 9.24. The summed E-state index contributed by atoms with van der Waals surface area (Å²) in [6.07, 6.45) is 6.17. The predicted octanol–water partition coefficient (Wildman–Crippen LogP) is 5.19. The first kappa shape index (κ1) is 19.4. The summed E-state index contributed by atoms with van der Waals surface area (Å²) in [5.74, 6) is 0. The van der Waals surface area contributed by atoms with Crippen molar-refractivity contribution < 1.29 is 0 Å². The Bertz CT molecular complexity index is 619. The van der Waals surface area contributed by atoms with Gasteiger partial charge in [0.2, 0.25) is 5.16 Å². The molecule has 1 aromatic carbocycles. The van der Waals surface area contributed by atoms with E-state index in [0.29, 0.717) is 0 Å². The van der Waals surface area contributed by atoms with Crippen LogP contribution in [0.15, 0.2) is 63.7 Å². The lowest BCUT2D eigenvalue weighted by molar-refractivity contribution is 0.886. The van der Waals surface area contributed by atoms with Crippen LogP contribution in [0.5, 0.6) is 0 Å². The molecular formula is C17H24N4S2. The predicted molar refractivity (Wildman–Crippen MR) is 102 cm³/mol. The van der Waals surface area contributed by atoms with Gasteiger partial charge < -0.3 is 5.73 Å². The third-order valence-electron chi connectivity index (χ3n) is 2.77. The van der Waals surface area contributed by atoms with Crippen LogP contribution in [0.3, 0.4) is 0 Å². The zero-order valence-corrected chi connectivity index (χ0v) is 15.5. The lowest BCUT2D eigenvalue weighted by atomic mass is 10.3. The molecule has 6 heteroatoms. The SMILES string of the molecule is C=C(S/C(N)=C\C)Sc1nncn1-c1ccccc1.CCCC. The van der Waals surface area contributed by atoms with Crippen molar-refractivity contribution in [2.75, 3.05) is 0 Å². The van der Waals surface area contributed by atoms with Crippen LogP contribution < -0.4 is 5.73 Å². The molecule has 4 nitrogen and oxygen atoms in total. The van der Waals surface area contributed by atoms with E-state index in [2.05, 4.69) is 30.6 Å². The highest BCUT2D eigenvalue weighted by atomic mass is 32.2. The molecule has 0 spiro atoms. The van der Waals surface area contributed by atoms with Crippen LogP contribution in [0.1, 0.15) is 33.6 Å². The van der Waals surface area contributed by atoms with E-state index >= 15 is 0 Å². The first-order valence-electron chi connectivity index (χ1n) is 7.54. The number of unbranched alkanes of at least 4 members (excludes halogenated alkanes) is 1. The molecular weight excluding hydrogens is 324 g/mol. The maximum Gasteiger partial charge on any atom is 0.200 e. The highest BCUT2D eigenvalue weighted by molar-refractivity contribution is 8.23. The molecule has 0 atom stereocenters. The van der Waals surface area contributed by atoms with Crippen molar-refractivity contribution in [3.63, 3.8) is 0 Å². The van der Waals surface area contributed by atoms with E-state index in [4.69, 9.17) is 5.73 Å². The number of nitrogens with two attached hydrogens (primary N) is 1. The number of hydrogen-bond donors (Lipinski definition) is 1. The lowest BCUT2D eigenvalue weighted by Gasteiger charge is -2.07. The van der Waals surface area contributed by atoms with Gasteiger partial charge in [-0.3, -0.25) is 4.57 Å². The van der Waals surface area contributed by atoms with Crippen LogP contribution in [0.2, 0.25) is 0 Å². The van der Waals surface area contributed by atoms with Crippen molar-refractivity contribution in [2.24, 2.45) is 5.73 Å². The van der Waals surface area contributed by atoms with Crippen molar-refractivity contribution in [1.29, 1.82) is 0 Å². The number of aromatic nitrogens is 3. The third kappa shape index (κ3) is 6.97.